The van der Waals surface area contributed by atoms with Crippen molar-refractivity contribution in [3.63, 3.8) is 0 Å². The molecule has 20 heavy (non-hydrogen) atoms. The van der Waals surface area contributed by atoms with E-state index >= 15 is 0 Å². The Kier molecular flexibility index (Phi) is 5.95. The van der Waals surface area contributed by atoms with Crippen molar-refractivity contribution in [2.75, 3.05) is 25.0 Å². The minimum absolute atomic E-state index is 0.114. The number of benzene rings is 1. The molecule has 1 aromatic carbocycles. The molecule has 0 radical (unpaired) electrons. The van der Waals surface area contributed by atoms with Crippen LogP contribution in [0, 0.1) is 12.7 Å². The fourth-order valence-electron chi connectivity index (χ4n) is 2.10. The van der Waals surface area contributed by atoms with E-state index in [4.69, 9.17) is 0 Å². The van der Waals surface area contributed by atoms with E-state index in [0.717, 1.165) is 6.42 Å². The van der Waals surface area contributed by atoms with Crippen molar-refractivity contribution in [3.8, 4) is 0 Å². The Morgan fingerprint density at radius 3 is 2.65 bits per heavy atom. The van der Waals surface area contributed by atoms with E-state index in [-0.39, 0.29) is 18.3 Å². The van der Waals surface area contributed by atoms with Crippen LogP contribution in [0.25, 0.3) is 0 Å². The Morgan fingerprint density at radius 1 is 1.50 bits per heavy atom. The number of hydrogen-bond acceptors (Lipinski definition) is 3. The van der Waals surface area contributed by atoms with Gasteiger partial charge in [0.05, 0.1) is 12.6 Å². The lowest BCUT2D eigenvalue weighted by Crippen LogP contribution is -2.36. The molecule has 0 fully saturated rings. The normalized spacial score (nSPS) is 12.1. The van der Waals surface area contributed by atoms with Gasteiger partial charge in [-0.3, -0.25) is 4.79 Å². The second-order valence-corrected chi connectivity index (χ2v) is 4.93. The van der Waals surface area contributed by atoms with Crippen LogP contribution in [-0.2, 0) is 4.79 Å². The van der Waals surface area contributed by atoms with Crippen LogP contribution in [0.3, 0.4) is 0 Å². The molecule has 0 aromatic heterocycles. The number of nitrogens with one attached hydrogen (secondary N) is 1. The number of aryl methyl sites for hydroxylation is 1. The molecular formula is C15H23FN2O2. The third kappa shape index (κ3) is 3.93. The van der Waals surface area contributed by atoms with Crippen LogP contribution in [0.15, 0.2) is 12.1 Å². The molecule has 0 bridgehead atoms. The smallest absolute Gasteiger partial charge is 0.239 e. The number of halogens is 1. The molecule has 2 N–H and O–H groups in total. The SMILES string of the molecule is CCCN(CC(=O)NC)c1cc(C)c(F)cc1C(C)O. The van der Waals surface area contributed by atoms with Gasteiger partial charge in [-0.05, 0) is 38.0 Å². The zero-order valence-electron chi connectivity index (χ0n) is 12.5. The van der Waals surface area contributed by atoms with E-state index in [1.807, 2.05) is 11.8 Å². The summed E-state index contributed by atoms with van der Waals surface area (Å²) in [6.45, 7) is 6.13. The van der Waals surface area contributed by atoms with E-state index in [2.05, 4.69) is 5.32 Å². The van der Waals surface area contributed by atoms with Crippen molar-refractivity contribution in [2.24, 2.45) is 0 Å². The van der Waals surface area contributed by atoms with Crippen molar-refractivity contribution >= 4 is 11.6 Å². The Hall–Kier alpha value is -1.62. The van der Waals surface area contributed by atoms with Gasteiger partial charge in [0.25, 0.3) is 0 Å². The van der Waals surface area contributed by atoms with Crippen LogP contribution in [0.1, 0.15) is 37.5 Å². The number of carbonyl (C=O) groups excluding carboxylic acids is 1. The molecule has 0 heterocycles. The van der Waals surface area contributed by atoms with Crippen molar-refractivity contribution in [1.82, 2.24) is 5.32 Å². The molecule has 1 amide bonds. The average Bonchev–Trinajstić information content (AvgIpc) is 2.40. The van der Waals surface area contributed by atoms with Gasteiger partial charge in [0.1, 0.15) is 5.82 Å². The fraction of sp³-hybridized carbons (Fsp3) is 0.533. The predicted molar refractivity (Wildman–Crippen MR) is 78.3 cm³/mol. The fourth-order valence-corrected chi connectivity index (χ4v) is 2.10. The van der Waals surface area contributed by atoms with Gasteiger partial charge in [-0.15, -0.1) is 0 Å². The third-order valence-corrected chi connectivity index (χ3v) is 3.21. The average molecular weight is 282 g/mol. The van der Waals surface area contributed by atoms with E-state index in [0.29, 0.717) is 23.4 Å². The number of anilines is 1. The summed E-state index contributed by atoms with van der Waals surface area (Å²) >= 11 is 0. The first-order valence-electron chi connectivity index (χ1n) is 6.84. The second-order valence-electron chi connectivity index (χ2n) is 4.93. The number of carbonyl (C=O) groups is 1. The van der Waals surface area contributed by atoms with E-state index in [9.17, 15) is 14.3 Å². The minimum atomic E-state index is -0.788. The van der Waals surface area contributed by atoms with Crippen LogP contribution < -0.4 is 10.2 Å². The molecule has 5 heteroatoms. The molecule has 1 atom stereocenters. The summed E-state index contributed by atoms with van der Waals surface area (Å²) in [5, 5.41) is 12.4. The number of likely N-dealkylation sites (N-methyl/N-ethyl adjacent to an activating group) is 1. The van der Waals surface area contributed by atoms with Crippen molar-refractivity contribution < 1.29 is 14.3 Å². The number of hydrogen-bond donors (Lipinski definition) is 2. The summed E-state index contributed by atoms with van der Waals surface area (Å²) < 4.78 is 13.7. The summed E-state index contributed by atoms with van der Waals surface area (Å²) in [5.74, 6) is -0.460. The summed E-state index contributed by atoms with van der Waals surface area (Å²) in [6, 6.07) is 3.04. The Labute approximate surface area is 119 Å². The maximum atomic E-state index is 13.7. The lowest BCUT2D eigenvalue weighted by molar-refractivity contribution is -0.119. The number of nitrogens with zero attached hydrogens (tertiary/aromatic N) is 1. The van der Waals surface area contributed by atoms with Crippen LogP contribution >= 0.6 is 0 Å². The molecule has 0 aliphatic rings. The van der Waals surface area contributed by atoms with Crippen LogP contribution in [0.4, 0.5) is 10.1 Å². The molecule has 0 saturated heterocycles. The highest BCUT2D eigenvalue weighted by Crippen LogP contribution is 2.29. The molecule has 112 valence electrons. The molecule has 0 saturated carbocycles. The molecule has 1 aromatic rings. The van der Waals surface area contributed by atoms with Crippen LogP contribution in [-0.4, -0.2) is 31.2 Å². The Bertz CT molecular complexity index is 475. The zero-order valence-corrected chi connectivity index (χ0v) is 12.5. The van der Waals surface area contributed by atoms with E-state index < -0.39 is 6.10 Å². The van der Waals surface area contributed by atoms with Crippen LogP contribution in [0.5, 0.6) is 0 Å². The number of amides is 1. The molecule has 1 unspecified atom stereocenters. The monoisotopic (exact) mass is 282 g/mol. The van der Waals surface area contributed by atoms with E-state index in [1.54, 1.807) is 27.0 Å². The molecular weight excluding hydrogens is 259 g/mol. The largest absolute Gasteiger partial charge is 0.389 e. The van der Waals surface area contributed by atoms with Crippen molar-refractivity contribution in [2.45, 2.75) is 33.3 Å². The molecule has 0 aliphatic heterocycles. The predicted octanol–water partition coefficient (Wildman–Crippen LogP) is 2.15. The Morgan fingerprint density at radius 2 is 2.15 bits per heavy atom. The molecule has 4 nitrogen and oxygen atoms in total. The first-order valence-corrected chi connectivity index (χ1v) is 6.84. The quantitative estimate of drug-likeness (QED) is 0.840. The topological polar surface area (TPSA) is 52.6 Å². The lowest BCUT2D eigenvalue weighted by Gasteiger charge is -2.27. The summed E-state index contributed by atoms with van der Waals surface area (Å²) in [6.07, 6.45) is 0.0660. The number of rotatable bonds is 6. The lowest BCUT2D eigenvalue weighted by atomic mass is 10.0. The van der Waals surface area contributed by atoms with Crippen LogP contribution in [0.2, 0.25) is 0 Å². The summed E-state index contributed by atoms with van der Waals surface area (Å²) in [7, 11) is 1.58. The third-order valence-electron chi connectivity index (χ3n) is 3.21. The number of aliphatic hydroxyl groups excluding tert-OH is 1. The second kappa shape index (κ2) is 7.24. The van der Waals surface area contributed by atoms with Gasteiger partial charge >= 0.3 is 0 Å². The van der Waals surface area contributed by atoms with Gasteiger partial charge in [-0.2, -0.15) is 0 Å². The number of aliphatic hydroxyl groups is 1. The molecule has 0 aliphatic carbocycles. The summed E-state index contributed by atoms with van der Waals surface area (Å²) in [4.78, 5) is 13.5. The van der Waals surface area contributed by atoms with Gasteiger partial charge in [0.2, 0.25) is 5.91 Å². The highest BCUT2D eigenvalue weighted by atomic mass is 19.1. The zero-order chi connectivity index (χ0) is 15.3. The molecule has 0 spiro atoms. The van der Waals surface area contributed by atoms with Crippen molar-refractivity contribution in [3.05, 3.63) is 29.1 Å². The maximum Gasteiger partial charge on any atom is 0.239 e. The highest BCUT2D eigenvalue weighted by Gasteiger charge is 2.18. The van der Waals surface area contributed by atoms with E-state index in [1.165, 1.54) is 6.07 Å². The van der Waals surface area contributed by atoms with Gasteiger partial charge < -0.3 is 15.3 Å². The minimum Gasteiger partial charge on any atom is -0.389 e. The van der Waals surface area contributed by atoms with Gasteiger partial charge in [-0.25, -0.2) is 4.39 Å². The molecule has 1 rings (SSSR count). The maximum absolute atomic E-state index is 13.7. The van der Waals surface area contributed by atoms with Gasteiger partial charge in [0.15, 0.2) is 0 Å². The first kappa shape index (κ1) is 16.4. The standard InChI is InChI=1S/C15H23FN2O2/c1-5-6-18(9-15(20)17-4)14-7-10(2)13(16)8-12(14)11(3)19/h7-8,11,19H,5-6,9H2,1-4H3,(H,17,20). The van der Waals surface area contributed by atoms with Crippen molar-refractivity contribution in [1.29, 1.82) is 0 Å². The Balaban J connectivity index is 3.23. The van der Waals surface area contributed by atoms with Gasteiger partial charge in [0, 0.05) is 24.8 Å². The summed E-state index contributed by atoms with van der Waals surface area (Å²) in [5.41, 5.74) is 1.72. The first-order chi connectivity index (χ1) is 9.40. The van der Waals surface area contributed by atoms with Gasteiger partial charge in [-0.1, -0.05) is 6.92 Å². The highest BCUT2D eigenvalue weighted by molar-refractivity contribution is 5.81.